The van der Waals surface area contributed by atoms with Gasteiger partial charge in [0.05, 0.1) is 30.4 Å². The molecule has 3 N–H and O–H groups in total. The third-order valence-electron chi connectivity index (χ3n) is 3.36. The fourth-order valence-corrected chi connectivity index (χ4v) is 2.73. The lowest BCUT2D eigenvalue weighted by Crippen LogP contribution is -2.41. The van der Waals surface area contributed by atoms with Gasteiger partial charge in [0.25, 0.3) is 0 Å². The monoisotopic (exact) mass is 356 g/mol. The van der Waals surface area contributed by atoms with Crippen molar-refractivity contribution in [1.29, 1.82) is 0 Å². The van der Waals surface area contributed by atoms with E-state index in [1.165, 1.54) is 12.1 Å². The molecule has 6 nitrogen and oxygen atoms in total. The van der Waals surface area contributed by atoms with Crippen molar-refractivity contribution in [3.63, 3.8) is 0 Å². The first-order chi connectivity index (χ1) is 10.0. The smallest absolute Gasteiger partial charge is 0.335 e. The first kappa shape index (κ1) is 15.9. The Labute approximate surface area is 131 Å². The van der Waals surface area contributed by atoms with Crippen molar-refractivity contribution < 1.29 is 19.4 Å². The zero-order valence-electron chi connectivity index (χ0n) is 11.6. The van der Waals surface area contributed by atoms with Gasteiger partial charge in [0.15, 0.2) is 0 Å². The maximum atomic E-state index is 12.3. The van der Waals surface area contributed by atoms with Crippen LogP contribution < -0.4 is 10.6 Å². The molecule has 1 amide bonds. The zero-order valence-corrected chi connectivity index (χ0v) is 13.1. The number of carboxylic acid groups (broad SMARTS) is 1. The number of carbonyl (C=O) groups excluding carboxylic acids is 1. The summed E-state index contributed by atoms with van der Waals surface area (Å²) < 4.78 is 5.89. The first-order valence-electron chi connectivity index (χ1n) is 6.67. The minimum atomic E-state index is -1.01. The van der Waals surface area contributed by atoms with E-state index in [-0.39, 0.29) is 23.4 Å². The van der Waals surface area contributed by atoms with Crippen LogP contribution in [0.2, 0.25) is 0 Å². The van der Waals surface area contributed by atoms with E-state index in [1.807, 2.05) is 6.92 Å². The third-order valence-corrected chi connectivity index (χ3v) is 4.01. The molecule has 21 heavy (non-hydrogen) atoms. The van der Waals surface area contributed by atoms with Crippen LogP contribution in [0.4, 0.5) is 5.69 Å². The molecule has 0 saturated carbocycles. The average molecular weight is 357 g/mol. The van der Waals surface area contributed by atoms with Crippen LogP contribution in [0.5, 0.6) is 0 Å². The molecular weight excluding hydrogens is 340 g/mol. The molecule has 114 valence electrons. The van der Waals surface area contributed by atoms with Crippen molar-refractivity contribution >= 4 is 33.5 Å². The Kier molecular flexibility index (Phi) is 5.33. The Morgan fingerprint density at radius 1 is 1.43 bits per heavy atom. The predicted octanol–water partition coefficient (Wildman–Crippen LogP) is 1.71. The summed E-state index contributed by atoms with van der Waals surface area (Å²) >= 11 is 3.27. The summed E-state index contributed by atoms with van der Waals surface area (Å²) in [6, 6.07) is 4.50. The number of carbonyl (C=O) groups is 2. The zero-order chi connectivity index (χ0) is 15.4. The van der Waals surface area contributed by atoms with Gasteiger partial charge in [-0.3, -0.25) is 4.79 Å². The van der Waals surface area contributed by atoms with Crippen LogP contribution in [0.3, 0.4) is 0 Å². The number of aromatic carboxylic acids is 1. The number of ether oxygens (including phenoxy) is 1. The van der Waals surface area contributed by atoms with Crippen molar-refractivity contribution in [2.75, 3.05) is 25.1 Å². The summed E-state index contributed by atoms with van der Waals surface area (Å²) in [5.41, 5.74) is 0.710. The number of amides is 1. The van der Waals surface area contributed by atoms with E-state index in [0.29, 0.717) is 23.4 Å². The van der Waals surface area contributed by atoms with Gasteiger partial charge < -0.3 is 20.5 Å². The number of hydrogen-bond donors (Lipinski definition) is 3. The van der Waals surface area contributed by atoms with E-state index < -0.39 is 5.97 Å². The van der Waals surface area contributed by atoms with Crippen molar-refractivity contribution in [2.24, 2.45) is 5.92 Å². The maximum absolute atomic E-state index is 12.3. The van der Waals surface area contributed by atoms with Gasteiger partial charge in [0.1, 0.15) is 0 Å². The third kappa shape index (κ3) is 3.81. The highest BCUT2D eigenvalue weighted by Crippen LogP contribution is 2.25. The number of halogens is 1. The van der Waals surface area contributed by atoms with E-state index in [1.54, 1.807) is 6.07 Å². The summed E-state index contributed by atoms with van der Waals surface area (Å²) in [6.07, 6.45) is 0. The molecule has 1 saturated heterocycles. The van der Waals surface area contributed by atoms with Crippen molar-refractivity contribution in [3.8, 4) is 0 Å². The fourth-order valence-electron chi connectivity index (χ4n) is 2.25. The van der Waals surface area contributed by atoms with Gasteiger partial charge in [-0.05, 0) is 40.7 Å². The maximum Gasteiger partial charge on any atom is 0.335 e. The molecule has 1 aromatic carbocycles. The largest absolute Gasteiger partial charge is 0.478 e. The minimum Gasteiger partial charge on any atom is -0.478 e. The molecule has 0 aromatic heterocycles. The lowest BCUT2D eigenvalue weighted by Gasteiger charge is -2.18. The molecule has 2 atom stereocenters. The molecule has 1 aromatic rings. The number of carboxylic acids is 1. The average Bonchev–Trinajstić information content (AvgIpc) is 2.89. The molecular formula is C14H17BrN2O4. The number of hydrogen-bond acceptors (Lipinski definition) is 4. The molecule has 0 aliphatic carbocycles. The second-order valence-corrected chi connectivity index (χ2v) is 5.65. The second kappa shape index (κ2) is 7.02. The van der Waals surface area contributed by atoms with Crippen LogP contribution >= 0.6 is 15.9 Å². The highest BCUT2D eigenvalue weighted by Gasteiger charge is 2.33. The summed E-state index contributed by atoms with van der Waals surface area (Å²) in [5.74, 6) is -1.40. The SMILES string of the molecule is CCNC1COCC1C(=O)Nc1ccc(C(=O)O)cc1Br. The molecule has 0 spiro atoms. The van der Waals surface area contributed by atoms with Crippen molar-refractivity contribution in [3.05, 3.63) is 28.2 Å². The van der Waals surface area contributed by atoms with Gasteiger partial charge in [-0.25, -0.2) is 4.79 Å². The molecule has 0 bridgehead atoms. The van der Waals surface area contributed by atoms with E-state index >= 15 is 0 Å². The minimum absolute atomic E-state index is 0.00654. The lowest BCUT2D eigenvalue weighted by atomic mass is 10.0. The molecule has 1 aliphatic rings. The van der Waals surface area contributed by atoms with Crippen molar-refractivity contribution in [2.45, 2.75) is 13.0 Å². The number of benzene rings is 1. The number of likely N-dealkylation sites (N-methyl/N-ethyl adjacent to an activating group) is 1. The van der Waals surface area contributed by atoms with Crippen LogP contribution in [0.1, 0.15) is 17.3 Å². The van der Waals surface area contributed by atoms with E-state index in [0.717, 1.165) is 6.54 Å². The van der Waals surface area contributed by atoms with E-state index in [4.69, 9.17) is 9.84 Å². The number of rotatable bonds is 5. The van der Waals surface area contributed by atoms with Gasteiger partial charge >= 0.3 is 5.97 Å². The summed E-state index contributed by atoms with van der Waals surface area (Å²) in [5, 5.41) is 14.9. The van der Waals surface area contributed by atoms with Gasteiger partial charge in [-0.2, -0.15) is 0 Å². The van der Waals surface area contributed by atoms with Gasteiger partial charge in [0.2, 0.25) is 5.91 Å². The predicted molar refractivity (Wildman–Crippen MR) is 81.5 cm³/mol. The first-order valence-corrected chi connectivity index (χ1v) is 7.47. The summed E-state index contributed by atoms with van der Waals surface area (Å²) in [6.45, 7) is 3.66. The molecule has 1 heterocycles. The number of anilines is 1. The quantitative estimate of drug-likeness (QED) is 0.747. The topological polar surface area (TPSA) is 87.7 Å². The van der Waals surface area contributed by atoms with Gasteiger partial charge in [-0.1, -0.05) is 6.92 Å². The fraction of sp³-hybridized carbons (Fsp3) is 0.429. The Balaban J connectivity index is 2.07. The van der Waals surface area contributed by atoms with Crippen LogP contribution in [0.25, 0.3) is 0 Å². The number of nitrogens with one attached hydrogen (secondary N) is 2. The van der Waals surface area contributed by atoms with Crippen LogP contribution in [0, 0.1) is 5.92 Å². The second-order valence-electron chi connectivity index (χ2n) is 4.80. The van der Waals surface area contributed by atoms with E-state index in [9.17, 15) is 9.59 Å². The Bertz CT molecular complexity index is 550. The van der Waals surface area contributed by atoms with Crippen LogP contribution in [-0.4, -0.2) is 42.8 Å². The normalized spacial score (nSPS) is 21.2. The Morgan fingerprint density at radius 3 is 2.81 bits per heavy atom. The lowest BCUT2D eigenvalue weighted by molar-refractivity contribution is -0.120. The van der Waals surface area contributed by atoms with Gasteiger partial charge in [-0.15, -0.1) is 0 Å². The molecule has 1 fully saturated rings. The Hall–Kier alpha value is -1.44. The van der Waals surface area contributed by atoms with Crippen LogP contribution in [0.15, 0.2) is 22.7 Å². The molecule has 2 unspecified atom stereocenters. The summed E-state index contributed by atoms with van der Waals surface area (Å²) in [4.78, 5) is 23.2. The molecule has 0 radical (unpaired) electrons. The van der Waals surface area contributed by atoms with Crippen molar-refractivity contribution in [1.82, 2.24) is 5.32 Å². The molecule has 7 heteroatoms. The highest BCUT2D eigenvalue weighted by molar-refractivity contribution is 9.10. The molecule has 1 aliphatic heterocycles. The van der Waals surface area contributed by atoms with E-state index in [2.05, 4.69) is 26.6 Å². The van der Waals surface area contributed by atoms with Crippen LogP contribution in [-0.2, 0) is 9.53 Å². The summed E-state index contributed by atoms with van der Waals surface area (Å²) in [7, 11) is 0. The van der Waals surface area contributed by atoms with Gasteiger partial charge in [0, 0.05) is 10.5 Å². The molecule has 2 rings (SSSR count). The standard InChI is InChI=1S/C14H17BrN2O4/c1-2-16-12-7-21-6-9(12)13(18)17-11-4-3-8(14(19)20)5-10(11)15/h3-5,9,12,16H,2,6-7H2,1H3,(H,17,18)(H,19,20). The Morgan fingerprint density at radius 2 is 2.19 bits per heavy atom. The highest BCUT2D eigenvalue weighted by atomic mass is 79.9.